The first-order valence-electron chi connectivity index (χ1n) is 9.82. The predicted molar refractivity (Wildman–Crippen MR) is 103 cm³/mol. The maximum Gasteiger partial charge on any atom is 0.191 e. The van der Waals surface area contributed by atoms with Gasteiger partial charge in [0.05, 0.1) is 0 Å². The molecule has 6 nitrogen and oxygen atoms in total. The SMILES string of the molecule is CCNC(=NCC1(CCOC)CCC1)NCC1(N(C)C)CCOCC1. The molecule has 1 heterocycles. The molecule has 0 spiro atoms. The molecular formula is C19H38N4O2. The van der Waals surface area contributed by atoms with Crippen LogP contribution in [0, 0.1) is 5.41 Å². The van der Waals surface area contributed by atoms with Crippen LogP contribution in [0.4, 0.5) is 0 Å². The Morgan fingerprint density at radius 2 is 1.88 bits per heavy atom. The minimum absolute atomic E-state index is 0.151. The van der Waals surface area contributed by atoms with Gasteiger partial charge in [0.15, 0.2) is 5.96 Å². The number of hydrogen-bond donors (Lipinski definition) is 2. The molecule has 1 saturated heterocycles. The van der Waals surface area contributed by atoms with E-state index in [-0.39, 0.29) is 5.54 Å². The highest BCUT2D eigenvalue weighted by molar-refractivity contribution is 5.79. The first kappa shape index (κ1) is 20.5. The first-order chi connectivity index (χ1) is 12.1. The van der Waals surface area contributed by atoms with Crippen LogP contribution in [0.2, 0.25) is 0 Å². The molecule has 0 amide bonds. The molecule has 0 radical (unpaired) electrons. The Kier molecular flexibility index (Phi) is 7.97. The van der Waals surface area contributed by atoms with Gasteiger partial charge in [-0.3, -0.25) is 4.99 Å². The molecule has 25 heavy (non-hydrogen) atoms. The lowest BCUT2D eigenvalue weighted by Crippen LogP contribution is -2.57. The first-order valence-corrected chi connectivity index (χ1v) is 9.82. The van der Waals surface area contributed by atoms with E-state index in [0.717, 1.165) is 64.7 Å². The molecule has 1 saturated carbocycles. The largest absolute Gasteiger partial charge is 0.385 e. The summed E-state index contributed by atoms with van der Waals surface area (Å²) < 4.78 is 10.9. The average Bonchev–Trinajstić information content (AvgIpc) is 2.59. The van der Waals surface area contributed by atoms with E-state index in [0.29, 0.717) is 5.41 Å². The Morgan fingerprint density at radius 3 is 2.40 bits per heavy atom. The molecule has 0 unspecified atom stereocenters. The van der Waals surface area contributed by atoms with Crippen LogP contribution in [0.15, 0.2) is 4.99 Å². The van der Waals surface area contributed by atoms with Crippen LogP contribution >= 0.6 is 0 Å². The molecule has 0 aromatic carbocycles. The summed E-state index contributed by atoms with van der Waals surface area (Å²) in [4.78, 5) is 7.27. The Bertz CT molecular complexity index is 416. The Labute approximate surface area is 153 Å². The minimum Gasteiger partial charge on any atom is -0.385 e. The summed E-state index contributed by atoms with van der Waals surface area (Å²) in [5, 5.41) is 7.01. The van der Waals surface area contributed by atoms with E-state index in [1.165, 1.54) is 19.3 Å². The van der Waals surface area contributed by atoms with Crippen LogP contribution in [-0.4, -0.2) is 77.1 Å². The van der Waals surface area contributed by atoms with Gasteiger partial charge in [0, 0.05) is 52.1 Å². The minimum atomic E-state index is 0.151. The fraction of sp³-hybridized carbons (Fsp3) is 0.947. The van der Waals surface area contributed by atoms with Crippen molar-refractivity contribution >= 4 is 5.96 Å². The standard InChI is InChI=1S/C19H38N4O2/c1-5-20-17(21-15-18(7-6-8-18)9-12-24-4)22-16-19(23(2)3)10-13-25-14-11-19/h5-16H2,1-4H3,(H2,20,21,22). The van der Waals surface area contributed by atoms with Crippen molar-refractivity contribution in [2.24, 2.45) is 10.4 Å². The van der Waals surface area contributed by atoms with E-state index in [4.69, 9.17) is 14.5 Å². The van der Waals surface area contributed by atoms with Crippen molar-refractivity contribution in [2.75, 3.05) is 60.7 Å². The zero-order valence-corrected chi connectivity index (χ0v) is 16.7. The van der Waals surface area contributed by atoms with Gasteiger partial charge in [0.2, 0.25) is 0 Å². The monoisotopic (exact) mass is 354 g/mol. The summed E-state index contributed by atoms with van der Waals surface area (Å²) in [7, 11) is 6.13. The smallest absolute Gasteiger partial charge is 0.191 e. The summed E-state index contributed by atoms with van der Waals surface area (Å²) in [6.07, 6.45) is 7.11. The Balaban J connectivity index is 1.94. The van der Waals surface area contributed by atoms with Gasteiger partial charge in [-0.1, -0.05) is 6.42 Å². The Morgan fingerprint density at radius 1 is 1.16 bits per heavy atom. The molecule has 2 aliphatic rings. The molecule has 1 aliphatic heterocycles. The molecule has 1 aliphatic carbocycles. The van der Waals surface area contributed by atoms with E-state index in [9.17, 15) is 0 Å². The summed E-state index contributed by atoms with van der Waals surface area (Å²) in [6, 6.07) is 0. The van der Waals surface area contributed by atoms with Crippen LogP contribution in [0.3, 0.4) is 0 Å². The van der Waals surface area contributed by atoms with E-state index in [2.05, 4.69) is 36.6 Å². The van der Waals surface area contributed by atoms with Gasteiger partial charge in [-0.05, 0) is 58.5 Å². The topological polar surface area (TPSA) is 58.1 Å². The fourth-order valence-electron chi connectivity index (χ4n) is 3.85. The van der Waals surface area contributed by atoms with Gasteiger partial charge in [-0.2, -0.15) is 0 Å². The van der Waals surface area contributed by atoms with Gasteiger partial charge in [0.1, 0.15) is 0 Å². The molecule has 2 N–H and O–H groups in total. The van der Waals surface area contributed by atoms with Crippen LogP contribution in [0.25, 0.3) is 0 Å². The number of likely N-dealkylation sites (N-methyl/N-ethyl adjacent to an activating group) is 1. The molecular weight excluding hydrogens is 316 g/mol. The molecule has 0 aromatic rings. The molecule has 0 atom stereocenters. The second-order valence-corrected chi connectivity index (χ2v) is 7.88. The summed E-state index contributed by atoms with van der Waals surface area (Å²) >= 11 is 0. The predicted octanol–water partition coefficient (Wildman–Crippen LogP) is 1.86. The maximum absolute atomic E-state index is 5.57. The van der Waals surface area contributed by atoms with Crippen molar-refractivity contribution in [1.29, 1.82) is 0 Å². The number of nitrogens with one attached hydrogen (secondary N) is 2. The number of hydrogen-bond acceptors (Lipinski definition) is 4. The van der Waals surface area contributed by atoms with E-state index < -0.39 is 0 Å². The van der Waals surface area contributed by atoms with Gasteiger partial charge in [-0.25, -0.2) is 0 Å². The van der Waals surface area contributed by atoms with Crippen LogP contribution < -0.4 is 10.6 Å². The number of methoxy groups -OCH3 is 1. The van der Waals surface area contributed by atoms with Crippen molar-refractivity contribution in [3.63, 3.8) is 0 Å². The second kappa shape index (κ2) is 9.74. The highest BCUT2D eigenvalue weighted by Gasteiger charge is 2.37. The molecule has 6 heteroatoms. The van der Waals surface area contributed by atoms with Gasteiger partial charge in [-0.15, -0.1) is 0 Å². The lowest BCUT2D eigenvalue weighted by Gasteiger charge is -2.43. The normalized spacial score (nSPS) is 22.5. The fourth-order valence-corrected chi connectivity index (χ4v) is 3.85. The van der Waals surface area contributed by atoms with Crippen molar-refractivity contribution in [2.45, 2.75) is 51.0 Å². The number of guanidine groups is 1. The summed E-state index contributed by atoms with van der Waals surface area (Å²) in [5.41, 5.74) is 0.509. The van der Waals surface area contributed by atoms with Crippen LogP contribution in [-0.2, 0) is 9.47 Å². The van der Waals surface area contributed by atoms with Crippen molar-refractivity contribution < 1.29 is 9.47 Å². The van der Waals surface area contributed by atoms with Crippen molar-refractivity contribution in [1.82, 2.24) is 15.5 Å². The lowest BCUT2D eigenvalue weighted by atomic mass is 9.67. The van der Waals surface area contributed by atoms with Crippen LogP contribution in [0.1, 0.15) is 45.4 Å². The van der Waals surface area contributed by atoms with Gasteiger partial charge in [0.25, 0.3) is 0 Å². The number of rotatable bonds is 9. The summed E-state index contributed by atoms with van der Waals surface area (Å²) in [5.74, 6) is 0.943. The zero-order valence-electron chi connectivity index (χ0n) is 16.7. The average molecular weight is 355 g/mol. The quantitative estimate of drug-likeness (QED) is 0.489. The number of ether oxygens (including phenoxy) is 2. The third-order valence-corrected chi connectivity index (χ3v) is 6.12. The molecule has 0 aromatic heterocycles. The lowest BCUT2D eigenvalue weighted by molar-refractivity contribution is -0.00503. The Hall–Kier alpha value is -0.850. The highest BCUT2D eigenvalue weighted by Crippen LogP contribution is 2.44. The van der Waals surface area contributed by atoms with E-state index in [1.807, 2.05) is 0 Å². The van der Waals surface area contributed by atoms with E-state index in [1.54, 1.807) is 7.11 Å². The number of aliphatic imine (C=N–C) groups is 1. The third kappa shape index (κ3) is 5.56. The molecule has 0 bridgehead atoms. The maximum atomic E-state index is 5.57. The zero-order chi connectivity index (χ0) is 18.2. The van der Waals surface area contributed by atoms with Crippen LogP contribution in [0.5, 0.6) is 0 Å². The van der Waals surface area contributed by atoms with Crippen molar-refractivity contribution in [3.05, 3.63) is 0 Å². The summed E-state index contributed by atoms with van der Waals surface area (Å²) in [6.45, 7) is 7.32. The van der Waals surface area contributed by atoms with Crippen molar-refractivity contribution in [3.8, 4) is 0 Å². The van der Waals surface area contributed by atoms with Gasteiger partial charge >= 0.3 is 0 Å². The second-order valence-electron chi connectivity index (χ2n) is 7.88. The molecule has 146 valence electrons. The van der Waals surface area contributed by atoms with E-state index >= 15 is 0 Å². The third-order valence-electron chi connectivity index (χ3n) is 6.12. The molecule has 2 fully saturated rings. The van der Waals surface area contributed by atoms with Gasteiger partial charge < -0.3 is 25.0 Å². The highest BCUT2D eigenvalue weighted by atomic mass is 16.5. The number of nitrogens with zero attached hydrogens (tertiary/aromatic N) is 2. The molecule has 2 rings (SSSR count).